The van der Waals surface area contributed by atoms with Crippen LogP contribution < -0.4 is 5.32 Å². The highest BCUT2D eigenvalue weighted by atomic mass is 15.1. The van der Waals surface area contributed by atoms with Crippen LogP contribution in [-0.2, 0) is 19.3 Å². The molecule has 1 unspecified atom stereocenters. The fourth-order valence-corrected chi connectivity index (χ4v) is 3.68. The predicted molar refractivity (Wildman–Crippen MR) is 86.4 cm³/mol. The average molecular weight is 268 g/mol. The topological polar surface area (TPSA) is 15.3 Å². The van der Waals surface area contributed by atoms with Crippen molar-refractivity contribution < 1.29 is 0 Å². The zero-order valence-corrected chi connectivity index (χ0v) is 12.2. The number of rotatable bonds is 5. The number of benzene rings is 1. The van der Waals surface area contributed by atoms with E-state index in [0.717, 1.165) is 19.6 Å². The first-order chi connectivity index (χ1) is 9.83. The van der Waals surface area contributed by atoms with E-state index < -0.39 is 0 Å². The molecule has 0 saturated heterocycles. The van der Waals surface area contributed by atoms with Gasteiger partial charge < -0.3 is 5.32 Å². The van der Waals surface area contributed by atoms with Gasteiger partial charge in [-0.05, 0) is 48.4 Å². The van der Waals surface area contributed by atoms with E-state index in [1.165, 1.54) is 31.4 Å². The zero-order valence-electron chi connectivity index (χ0n) is 12.2. The van der Waals surface area contributed by atoms with E-state index in [9.17, 15) is 0 Å². The summed E-state index contributed by atoms with van der Waals surface area (Å²) in [5, 5.41) is 3.50. The van der Waals surface area contributed by atoms with Crippen molar-refractivity contribution in [3.63, 3.8) is 0 Å². The first-order valence-corrected chi connectivity index (χ1v) is 7.67. The second kappa shape index (κ2) is 5.84. The molecule has 20 heavy (non-hydrogen) atoms. The third kappa shape index (κ3) is 2.40. The lowest BCUT2D eigenvalue weighted by Crippen LogP contribution is -2.39. The van der Waals surface area contributed by atoms with E-state index in [1.54, 1.807) is 16.7 Å². The Balaban J connectivity index is 1.85. The summed E-state index contributed by atoms with van der Waals surface area (Å²) in [6.45, 7) is 10.8. The first kappa shape index (κ1) is 13.4. The summed E-state index contributed by atoms with van der Waals surface area (Å²) < 4.78 is 0. The van der Waals surface area contributed by atoms with Gasteiger partial charge in [0.25, 0.3) is 0 Å². The van der Waals surface area contributed by atoms with Crippen LogP contribution in [0.2, 0.25) is 0 Å². The third-order valence-electron chi connectivity index (χ3n) is 4.65. The Kier molecular flexibility index (Phi) is 3.93. The lowest BCUT2D eigenvalue weighted by molar-refractivity contribution is 0.219. The summed E-state index contributed by atoms with van der Waals surface area (Å²) in [6, 6.07) is 5.23. The molecule has 1 atom stereocenters. The highest BCUT2D eigenvalue weighted by Gasteiger charge is 2.27. The fraction of sp³-hybridized carbons (Fsp3) is 0.444. The van der Waals surface area contributed by atoms with Crippen LogP contribution in [0, 0.1) is 0 Å². The molecule has 1 aromatic carbocycles. The Labute approximate surface area is 122 Å². The quantitative estimate of drug-likeness (QED) is 0.825. The van der Waals surface area contributed by atoms with Crippen LogP contribution in [0.5, 0.6) is 0 Å². The minimum atomic E-state index is 0.630. The molecule has 1 aliphatic carbocycles. The van der Waals surface area contributed by atoms with Crippen molar-refractivity contribution in [2.45, 2.75) is 31.7 Å². The summed E-state index contributed by atoms with van der Waals surface area (Å²) in [4.78, 5) is 2.50. The molecule has 1 N–H and O–H groups in total. The van der Waals surface area contributed by atoms with Gasteiger partial charge in [-0.25, -0.2) is 0 Å². The summed E-state index contributed by atoms with van der Waals surface area (Å²) in [7, 11) is 0. The molecular formula is C18H24N2. The molecule has 1 aromatic rings. The van der Waals surface area contributed by atoms with E-state index >= 15 is 0 Å². The molecule has 0 aromatic heterocycles. The van der Waals surface area contributed by atoms with Crippen molar-refractivity contribution in [3.8, 4) is 0 Å². The van der Waals surface area contributed by atoms with Gasteiger partial charge in [0.1, 0.15) is 0 Å². The highest BCUT2D eigenvalue weighted by Crippen LogP contribution is 2.34. The lowest BCUT2D eigenvalue weighted by atomic mass is 9.84. The maximum absolute atomic E-state index is 3.89. The Morgan fingerprint density at radius 2 is 1.95 bits per heavy atom. The van der Waals surface area contributed by atoms with Crippen LogP contribution in [0.4, 0.5) is 5.69 Å². The van der Waals surface area contributed by atoms with Crippen molar-refractivity contribution in [2.75, 3.05) is 25.0 Å². The number of hydrogen-bond donors (Lipinski definition) is 1. The number of anilines is 1. The van der Waals surface area contributed by atoms with Gasteiger partial charge in [-0.15, -0.1) is 13.2 Å². The van der Waals surface area contributed by atoms with Crippen LogP contribution in [0.25, 0.3) is 0 Å². The second-order valence-corrected chi connectivity index (χ2v) is 5.83. The van der Waals surface area contributed by atoms with Crippen LogP contribution in [0.3, 0.4) is 0 Å². The largest absolute Gasteiger partial charge is 0.384 e. The summed E-state index contributed by atoms with van der Waals surface area (Å²) >= 11 is 0. The van der Waals surface area contributed by atoms with Crippen LogP contribution in [0.15, 0.2) is 37.4 Å². The number of aryl methyl sites for hydroxylation is 1. The second-order valence-electron chi connectivity index (χ2n) is 5.83. The maximum atomic E-state index is 3.89. The summed E-state index contributed by atoms with van der Waals surface area (Å²) in [6.07, 6.45) is 8.85. The summed E-state index contributed by atoms with van der Waals surface area (Å²) in [5.74, 6) is 0. The van der Waals surface area contributed by atoms with Crippen LogP contribution in [-0.4, -0.2) is 30.6 Å². The molecule has 1 heterocycles. The van der Waals surface area contributed by atoms with Crippen LogP contribution >= 0.6 is 0 Å². The number of nitrogens with one attached hydrogen (secondary N) is 1. The van der Waals surface area contributed by atoms with Gasteiger partial charge in [-0.2, -0.15) is 0 Å². The van der Waals surface area contributed by atoms with Crippen molar-refractivity contribution in [1.82, 2.24) is 4.90 Å². The first-order valence-electron chi connectivity index (χ1n) is 7.67. The average Bonchev–Trinajstić information content (AvgIpc) is 2.95. The Morgan fingerprint density at radius 1 is 1.15 bits per heavy atom. The molecular weight excluding hydrogens is 244 g/mol. The summed E-state index contributed by atoms with van der Waals surface area (Å²) in [5.41, 5.74) is 6.12. The van der Waals surface area contributed by atoms with Gasteiger partial charge in [0, 0.05) is 31.4 Å². The van der Waals surface area contributed by atoms with E-state index in [0.29, 0.717) is 6.04 Å². The van der Waals surface area contributed by atoms with Crippen molar-refractivity contribution in [3.05, 3.63) is 54.1 Å². The molecule has 0 saturated carbocycles. The molecule has 3 rings (SSSR count). The predicted octanol–water partition coefficient (Wildman–Crippen LogP) is 3.19. The molecule has 2 heteroatoms. The van der Waals surface area contributed by atoms with Gasteiger partial charge in [-0.1, -0.05) is 18.2 Å². The van der Waals surface area contributed by atoms with Crippen LogP contribution in [0.1, 0.15) is 23.1 Å². The van der Waals surface area contributed by atoms with Gasteiger partial charge in [-0.3, -0.25) is 4.90 Å². The van der Waals surface area contributed by atoms with E-state index in [1.807, 2.05) is 12.2 Å². The molecule has 0 radical (unpaired) electrons. The molecule has 2 nitrogen and oxygen atoms in total. The minimum absolute atomic E-state index is 0.630. The van der Waals surface area contributed by atoms with E-state index in [4.69, 9.17) is 0 Å². The Bertz CT molecular complexity index is 508. The Morgan fingerprint density at radius 3 is 2.70 bits per heavy atom. The minimum Gasteiger partial charge on any atom is -0.384 e. The molecule has 0 amide bonds. The Hall–Kier alpha value is -1.54. The molecule has 0 spiro atoms. The SMILES string of the molecule is C=CCN(CC=C)C1CCc2ccc3c(c2C1)CCN3. The van der Waals surface area contributed by atoms with Gasteiger partial charge in [0.2, 0.25) is 0 Å². The smallest absolute Gasteiger partial charge is 0.0376 e. The standard InChI is InChI=1S/C18H24N2/c1-3-11-20(12-4-2)15-7-5-14-6-8-18-16(9-10-19-18)17(14)13-15/h3-4,6,8,15,19H,1-2,5,7,9-13H2. The number of nitrogens with zero attached hydrogens (tertiary/aromatic N) is 1. The number of hydrogen-bond acceptors (Lipinski definition) is 2. The van der Waals surface area contributed by atoms with Gasteiger partial charge >= 0.3 is 0 Å². The highest BCUT2D eigenvalue weighted by molar-refractivity contribution is 5.61. The van der Waals surface area contributed by atoms with Crippen molar-refractivity contribution in [2.24, 2.45) is 0 Å². The fourth-order valence-electron chi connectivity index (χ4n) is 3.68. The van der Waals surface area contributed by atoms with Crippen molar-refractivity contribution >= 4 is 5.69 Å². The van der Waals surface area contributed by atoms with E-state index in [2.05, 4.69) is 35.5 Å². The van der Waals surface area contributed by atoms with Crippen molar-refractivity contribution in [1.29, 1.82) is 0 Å². The monoisotopic (exact) mass is 268 g/mol. The number of fused-ring (bicyclic) bond motifs is 3. The third-order valence-corrected chi connectivity index (χ3v) is 4.65. The molecule has 106 valence electrons. The van der Waals surface area contributed by atoms with Gasteiger partial charge in [0.15, 0.2) is 0 Å². The lowest BCUT2D eigenvalue weighted by Gasteiger charge is -2.34. The zero-order chi connectivity index (χ0) is 13.9. The van der Waals surface area contributed by atoms with Gasteiger partial charge in [0.05, 0.1) is 0 Å². The molecule has 2 aliphatic rings. The molecule has 0 fully saturated rings. The van der Waals surface area contributed by atoms with E-state index in [-0.39, 0.29) is 0 Å². The molecule has 1 aliphatic heterocycles. The normalized spacial score (nSPS) is 20.1. The maximum Gasteiger partial charge on any atom is 0.0376 e. The molecule has 0 bridgehead atoms.